The molecule has 0 aliphatic rings. The van der Waals surface area contributed by atoms with E-state index in [-0.39, 0.29) is 5.56 Å². The van der Waals surface area contributed by atoms with Crippen LogP contribution in [0.1, 0.15) is 31.8 Å². The molecular weight excluding hydrogens is 274 g/mol. The average molecular weight is 291 g/mol. The van der Waals surface area contributed by atoms with Crippen molar-refractivity contribution in [2.45, 2.75) is 43.3 Å². The lowest BCUT2D eigenvalue weighted by molar-refractivity contribution is 0.813. The molecule has 3 N–H and O–H groups in total. The molecule has 2 aromatic heterocycles. The van der Waals surface area contributed by atoms with Gasteiger partial charge in [0.1, 0.15) is 16.7 Å². The van der Waals surface area contributed by atoms with Gasteiger partial charge in [-0.1, -0.05) is 20.3 Å². The maximum atomic E-state index is 11.6. The molecule has 0 bridgehead atoms. The minimum atomic E-state index is -0.149. The van der Waals surface area contributed by atoms with Gasteiger partial charge in [0, 0.05) is 24.2 Å². The van der Waals surface area contributed by atoms with E-state index in [0.717, 1.165) is 18.5 Å². The lowest BCUT2D eigenvalue weighted by Gasteiger charge is -2.05. The first-order chi connectivity index (χ1) is 9.60. The molecule has 0 fully saturated rings. The standard InChI is InChI=1S/C13H17N5OS/c1-3-5-8-6-11(19)18-13(15-8)20-12-7-9(14)16-10(4-2)17-12/h6-7H,3-5H2,1-2H3,(H2,14,16,17)(H,15,18,19). The van der Waals surface area contributed by atoms with Crippen LogP contribution < -0.4 is 11.3 Å². The number of H-pyrrole nitrogens is 1. The number of nitrogens with zero attached hydrogens (tertiary/aromatic N) is 3. The van der Waals surface area contributed by atoms with Crippen LogP contribution in [0.15, 0.2) is 27.1 Å². The molecular formula is C13H17N5OS. The van der Waals surface area contributed by atoms with Gasteiger partial charge in [0.25, 0.3) is 5.56 Å². The third-order valence-electron chi connectivity index (χ3n) is 2.57. The molecule has 2 rings (SSSR count). The number of nitrogen functional groups attached to an aromatic ring is 1. The molecule has 7 heteroatoms. The van der Waals surface area contributed by atoms with Gasteiger partial charge < -0.3 is 10.7 Å². The topological polar surface area (TPSA) is 97.5 Å². The summed E-state index contributed by atoms with van der Waals surface area (Å²) in [5.41, 5.74) is 6.38. The molecule has 106 valence electrons. The number of hydrogen-bond donors (Lipinski definition) is 2. The highest BCUT2D eigenvalue weighted by molar-refractivity contribution is 7.99. The van der Waals surface area contributed by atoms with Crippen molar-refractivity contribution in [2.75, 3.05) is 5.73 Å². The molecule has 0 aromatic carbocycles. The summed E-state index contributed by atoms with van der Waals surface area (Å²) in [7, 11) is 0. The minimum Gasteiger partial charge on any atom is -0.384 e. The predicted octanol–water partition coefficient (Wildman–Crippen LogP) is 1.81. The van der Waals surface area contributed by atoms with Crippen LogP contribution in [0.3, 0.4) is 0 Å². The Bertz CT molecular complexity index is 655. The van der Waals surface area contributed by atoms with E-state index in [1.807, 2.05) is 13.8 Å². The summed E-state index contributed by atoms with van der Waals surface area (Å²) >= 11 is 1.29. The maximum Gasteiger partial charge on any atom is 0.251 e. The monoisotopic (exact) mass is 291 g/mol. The highest BCUT2D eigenvalue weighted by Gasteiger charge is 2.07. The molecule has 0 radical (unpaired) electrons. The Labute approximate surface area is 121 Å². The number of hydrogen-bond acceptors (Lipinski definition) is 6. The number of anilines is 1. The van der Waals surface area contributed by atoms with Crippen LogP contribution in [0.5, 0.6) is 0 Å². The molecule has 0 spiro atoms. The molecule has 20 heavy (non-hydrogen) atoms. The summed E-state index contributed by atoms with van der Waals surface area (Å²) in [6, 6.07) is 3.20. The molecule has 0 atom stereocenters. The van der Waals surface area contributed by atoms with Crippen molar-refractivity contribution in [1.82, 2.24) is 19.9 Å². The number of nitrogens with two attached hydrogens (primary N) is 1. The first-order valence-corrected chi connectivity index (χ1v) is 7.34. The quantitative estimate of drug-likeness (QED) is 0.644. The molecule has 6 nitrogen and oxygen atoms in total. The molecule has 0 saturated heterocycles. The Hall–Kier alpha value is -1.89. The number of aryl methyl sites for hydroxylation is 2. The normalized spacial score (nSPS) is 10.7. The fraction of sp³-hybridized carbons (Fsp3) is 0.385. The second kappa shape index (κ2) is 6.51. The van der Waals surface area contributed by atoms with Gasteiger partial charge in [-0.05, 0) is 18.2 Å². The van der Waals surface area contributed by atoms with Crippen molar-refractivity contribution in [3.8, 4) is 0 Å². The van der Waals surface area contributed by atoms with E-state index in [4.69, 9.17) is 5.73 Å². The van der Waals surface area contributed by atoms with Crippen LogP contribution in [0.4, 0.5) is 5.82 Å². The van der Waals surface area contributed by atoms with Crippen LogP contribution in [-0.4, -0.2) is 19.9 Å². The van der Waals surface area contributed by atoms with Gasteiger partial charge >= 0.3 is 0 Å². The number of rotatable bonds is 5. The third-order valence-corrected chi connectivity index (χ3v) is 3.37. The second-order valence-corrected chi connectivity index (χ2v) is 5.30. The number of nitrogens with one attached hydrogen (secondary N) is 1. The van der Waals surface area contributed by atoms with Crippen LogP contribution >= 0.6 is 11.8 Å². The van der Waals surface area contributed by atoms with Crippen molar-refractivity contribution < 1.29 is 0 Å². The molecule has 0 amide bonds. The van der Waals surface area contributed by atoms with Gasteiger partial charge in [-0.25, -0.2) is 15.0 Å². The van der Waals surface area contributed by atoms with Gasteiger partial charge in [-0.3, -0.25) is 4.79 Å². The van der Waals surface area contributed by atoms with E-state index in [2.05, 4.69) is 19.9 Å². The highest BCUT2D eigenvalue weighted by Crippen LogP contribution is 2.23. The smallest absolute Gasteiger partial charge is 0.251 e. The van der Waals surface area contributed by atoms with Gasteiger partial charge in [-0.15, -0.1) is 0 Å². The van der Waals surface area contributed by atoms with E-state index in [1.165, 1.54) is 17.8 Å². The largest absolute Gasteiger partial charge is 0.384 e. The van der Waals surface area contributed by atoms with Gasteiger partial charge in [0.15, 0.2) is 5.16 Å². The molecule has 0 unspecified atom stereocenters. The Balaban J connectivity index is 2.29. The Morgan fingerprint density at radius 2 is 2.05 bits per heavy atom. The van der Waals surface area contributed by atoms with E-state index < -0.39 is 0 Å². The SMILES string of the molecule is CCCc1cc(=O)[nH]c(Sc2cc(N)nc(CC)n2)n1. The van der Waals surface area contributed by atoms with Crippen molar-refractivity contribution >= 4 is 17.6 Å². The van der Waals surface area contributed by atoms with E-state index in [0.29, 0.717) is 28.2 Å². The van der Waals surface area contributed by atoms with Crippen molar-refractivity contribution in [3.05, 3.63) is 34.0 Å². The Morgan fingerprint density at radius 3 is 2.75 bits per heavy atom. The summed E-state index contributed by atoms with van der Waals surface area (Å²) < 4.78 is 0. The van der Waals surface area contributed by atoms with Crippen molar-refractivity contribution in [2.24, 2.45) is 0 Å². The Kier molecular flexibility index (Phi) is 4.73. The Morgan fingerprint density at radius 1 is 1.25 bits per heavy atom. The summed E-state index contributed by atoms with van der Waals surface area (Å²) in [4.78, 5) is 27.2. The molecule has 2 aromatic rings. The molecule has 2 heterocycles. The lowest BCUT2D eigenvalue weighted by Crippen LogP contribution is -2.10. The lowest BCUT2D eigenvalue weighted by atomic mass is 10.2. The zero-order valence-electron chi connectivity index (χ0n) is 11.5. The molecule has 0 aliphatic carbocycles. The summed E-state index contributed by atoms with van der Waals surface area (Å²) in [5.74, 6) is 1.10. The fourth-order valence-electron chi connectivity index (χ4n) is 1.72. The van der Waals surface area contributed by atoms with Crippen molar-refractivity contribution in [1.29, 1.82) is 0 Å². The zero-order chi connectivity index (χ0) is 14.5. The second-order valence-electron chi connectivity index (χ2n) is 4.29. The third kappa shape index (κ3) is 3.80. The molecule has 0 aliphatic heterocycles. The first kappa shape index (κ1) is 14.5. The van der Waals surface area contributed by atoms with Gasteiger partial charge in [-0.2, -0.15) is 0 Å². The number of aromatic nitrogens is 4. The van der Waals surface area contributed by atoms with E-state index >= 15 is 0 Å². The fourth-order valence-corrected chi connectivity index (χ4v) is 2.56. The van der Waals surface area contributed by atoms with Crippen LogP contribution in [-0.2, 0) is 12.8 Å². The zero-order valence-corrected chi connectivity index (χ0v) is 12.3. The van der Waals surface area contributed by atoms with Crippen LogP contribution in [0, 0.1) is 0 Å². The number of aromatic amines is 1. The summed E-state index contributed by atoms with van der Waals surface area (Å²) in [6.45, 7) is 4.01. The van der Waals surface area contributed by atoms with Gasteiger partial charge in [0.05, 0.1) is 0 Å². The maximum absolute atomic E-state index is 11.6. The van der Waals surface area contributed by atoms with E-state index in [1.54, 1.807) is 6.07 Å². The first-order valence-electron chi connectivity index (χ1n) is 6.52. The summed E-state index contributed by atoms with van der Waals surface area (Å²) in [5, 5.41) is 1.22. The van der Waals surface area contributed by atoms with E-state index in [9.17, 15) is 4.79 Å². The average Bonchev–Trinajstić information content (AvgIpc) is 2.37. The van der Waals surface area contributed by atoms with Crippen molar-refractivity contribution in [3.63, 3.8) is 0 Å². The highest BCUT2D eigenvalue weighted by atomic mass is 32.2. The van der Waals surface area contributed by atoms with Crippen LogP contribution in [0.2, 0.25) is 0 Å². The van der Waals surface area contributed by atoms with Gasteiger partial charge in [0.2, 0.25) is 0 Å². The predicted molar refractivity (Wildman–Crippen MR) is 78.8 cm³/mol. The minimum absolute atomic E-state index is 0.149. The molecule has 0 saturated carbocycles. The van der Waals surface area contributed by atoms with Crippen LogP contribution in [0.25, 0.3) is 0 Å². The summed E-state index contributed by atoms with van der Waals surface area (Å²) in [6.07, 6.45) is 2.43.